The van der Waals surface area contributed by atoms with Crippen molar-refractivity contribution >= 4 is 17.4 Å². The summed E-state index contributed by atoms with van der Waals surface area (Å²) in [4.78, 5) is 39.1. The molecule has 4 N–H and O–H groups in total. The number of aromatic amines is 1. The van der Waals surface area contributed by atoms with Crippen molar-refractivity contribution in [3.63, 3.8) is 0 Å². The molecule has 0 aromatic carbocycles. The number of anilines is 2. The minimum absolute atomic E-state index is 0.0494. The third kappa shape index (κ3) is 3.87. The summed E-state index contributed by atoms with van der Waals surface area (Å²) in [5.74, 6) is -0.143. The Bertz CT molecular complexity index is 617. The maximum absolute atomic E-state index is 11.9. The van der Waals surface area contributed by atoms with E-state index in [1.807, 2.05) is 6.92 Å². The molecule has 0 fully saturated rings. The zero-order valence-corrected chi connectivity index (χ0v) is 12.9. The highest BCUT2D eigenvalue weighted by atomic mass is 16.2. The molecule has 118 valence electrons. The average Bonchev–Trinajstić information content (AvgIpc) is 2.41. The van der Waals surface area contributed by atoms with Crippen molar-refractivity contribution in [2.75, 3.05) is 25.1 Å². The van der Waals surface area contributed by atoms with E-state index >= 15 is 0 Å². The van der Waals surface area contributed by atoms with Gasteiger partial charge in [-0.15, -0.1) is 0 Å². The fourth-order valence-electron chi connectivity index (χ4n) is 1.93. The summed E-state index contributed by atoms with van der Waals surface area (Å²) in [6.07, 6.45) is 1.66. The molecule has 1 unspecified atom stereocenters. The number of hydrogen-bond donors (Lipinski definition) is 3. The summed E-state index contributed by atoms with van der Waals surface area (Å²) in [7, 11) is 3.24. The zero-order valence-electron chi connectivity index (χ0n) is 12.9. The molecular weight excluding hydrogens is 274 g/mol. The number of nitrogens with one attached hydrogen (secondary N) is 2. The lowest BCUT2D eigenvalue weighted by Gasteiger charge is -2.20. The number of nitrogens with two attached hydrogens (primary N) is 1. The number of carbonyl (C=O) groups is 1. The topological polar surface area (TPSA) is 113 Å². The average molecular weight is 297 g/mol. The lowest BCUT2D eigenvalue weighted by Crippen LogP contribution is -2.40. The van der Waals surface area contributed by atoms with Gasteiger partial charge in [0.2, 0.25) is 5.91 Å². The molecule has 0 spiro atoms. The molecule has 1 atom stereocenters. The summed E-state index contributed by atoms with van der Waals surface area (Å²) < 4.78 is 1.31. The second-order valence-corrected chi connectivity index (χ2v) is 5.12. The Morgan fingerprint density at radius 2 is 2.05 bits per heavy atom. The highest BCUT2D eigenvalue weighted by Gasteiger charge is 2.19. The van der Waals surface area contributed by atoms with Crippen LogP contribution in [0.2, 0.25) is 0 Å². The van der Waals surface area contributed by atoms with Gasteiger partial charge in [-0.1, -0.05) is 13.3 Å². The van der Waals surface area contributed by atoms with Gasteiger partial charge >= 0.3 is 5.69 Å². The van der Waals surface area contributed by atoms with E-state index in [0.29, 0.717) is 6.54 Å². The molecule has 0 aliphatic heterocycles. The summed E-state index contributed by atoms with van der Waals surface area (Å²) >= 11 is 0. The Morgan fingerprint density at radius 1 is 1.43 bits per heavy atom. The molecule has 21 heavy (non-hydrogen) atoms. The Balaban J connectivity index is 3.15. The monoisotopic (exact) mass is 297 g/mol. The van der Waals surface area contributed by atoms with Gasteiger partial charge in [-0.05, 0) is 13.3 Å². The van der Waals surface area contributed by atoms with Gasteiger partial charge in [-0.3, -0.25) is 19.1 Å². The first-order chi connectivity index (χ1) is 9.79. The van der Waals surface area contributed by atoms with E-state index in [1.54, 1.807) is 21.0 Å². The summed E-state index contributed by atoms with van der Waals surface area (Å²) in [6, 6.07) is -0.625. The van der Waals surface area contributed by atoms with Crippen LogP contribution in [0.3, 0.4) is 0 Å². The van der Waals surface area contributed by atoms with E-state index in [-0.39, 0.29) is 17.4 Å². The van der Waals surface area contributed by atoms with Crippen LogP contribution in [0, 0.1) is 0 Å². The third-order valence-electron chi connectivity index (χ3n) is 3.15. The van der Waals surface area contributed by atoms with Crippen LogP contribution in [0.4, 0.5) is 11.5 Å². The second kappa shape index (κ2) is 6.96. The van der Waals surface area contributed by atoms with E-state index in [1.165, 1.54) is 9.47 Å². The molecular formula is C13H23N5O3. The van der Waals surface area contributed by atoms with Crippen molar-refractivity contribution in [2.45, 2.75) is 39.3 Å². The van der Waals surface area contributed by atoms with E-state index in [4.69, 9.17) is 5.73 Å². The lowest BCUT2D eigenvalue weighted by molar-refractivity contribution is -0.129. The molecule has 1 amide bonds. The van der Waals surface area contributed by atoms with Crippen LogP contribution in [0.25, 0.3) is 0 Å². The number of nitrogen functional groups attached to an aromatic ring is 1. The molecule has 1 aromatic rings. The van der Waals surface area contributed by atoms with E-state index in [0.717, 1.165) is 12.8 Å². The van der Waals surface area contributed by atoms with E-state index < -0.39 is 17.3 Å². The number of aromatic nitrogens is 2. The van der Waals surface area contributed by atoms with E-state index in [9.17, 15) is 14.4 Å². The van der Waals surface area contributed by atoms with Gasteiger partial charge in [0.1, 0.15) is 17.5 Å². The smallest absolute Gasteiger partial charge is 0.330 e. The molecule has 1 aromatic heterocycles. The fraction of sp³-hybridized carbons (Fsp3) is 0.615. The van der Waals surface area contributed by atoms with Gasteiger partial charge < -0.3 is 16.0 Å². The highest BCUT2D eigenvalue weighted by Crippen LogP contribution is 2.12. The Hall–Kier alpha value is -2.25. The Labute approximate surface area is 122 Å². The predicted octanol–water partition coefficient (Wildman–Crippen LogP) is -0.192. The lowest BCUT2D eigenvalue weighted by atomic mass is 10.2. The normalized spacial score (nSPS) is 12.0. The van der Waals surface area contributed by atoms with Crippen molar-refractivity contribution in [1.82, 2.24) is 14.5 Å². The number of unbranched alkanes of at least 4 members (excludes halogenated alkanes) is 1. The molecule has 0 bridgehead atoms. The standard InChI is InChI=1S/C13H23N5O3/c1-5-6-7-18-10(14)9(11(19)16-13(18)21)15-8(2)12(20)17(3)4/h8,15H,5-7,14H2,1-4H3,(H,16,19,21). The molecule has 0 radical (unpaired) electrons. The minimum Gasteiger partial charge on any atom is -0.383 e. The van der Waals surface area contributed by atoms with Crippen molar-refractivity contribution in [3.05, 3.63) is 20.8 Å². The maximum atomic E-state index is 11.9. The summed E-state index contributed by atoms with van der Waals surface area (Å²) in [5, 5.41) is 2.78. The van der Waals surface area contributed by atoms with Gasteiger partial charge in [0.25, 0.3) is 5.56 Å². The first-order valence-corrected chi connectivity index (χ1v) is 6.89. The Kier molecular flexibility index (Phi) is 5.57. The molecule has 0 aliphatic carbocycles. The molecule has 1 heterocycles. The van der Waals surface area contributed by atoms with Crippen LogP contribution < -0.4 is 22.3 Å². The number of nitrogens with zero attached hydrogens (tertiary/aromatic N) is 2. The molecule has 1 rings (SSSR count). The number of rotatable bonds is 6. The van der Waals surface area contributed by atoms with Gasteiger partial charge in [0.05, 0.1) is 0 Å². The first kappa shape index (κ1) is 16.8. The largest absolute Gasteiger partial charge is 0.383 e. The molecule has 0 saturated heterocycles. The molecule has 8 heteroatoms. The third-order valence-corrected chi connectivity index (χ3v) is 3.15. The Morgan fingerprint density at radius 3 is 2.57 bits per heavy atom. The highest BCUT2D eigenvalue weighted by molar-refractivity contribution is 5.84. The number of hydrogen-bond acceptors (Lipinski definition) is 5. The van der Waals surface area contributed by atoms with Crippen molar-refractivity contribution in [1.29, 1.82) is 0 Å². The van der Waals surface area contributed by atoms with E-state index in [2.05, 4.69) is 10.3 Å². The summed E-state index contributed by atoms with van der Waals surface area (Å²) in [6.45, 7) is 4.04. The number of likely N-dealkylation sites (N-methyl/N-ethyl adjacent to an activating group) is 1. The quantitative estimate of drug-likeness (QED) is 0.673. The predicted molar refractivity (Wildman–Crippen MR) is 82.4 cm³/mol. The van der Waals surface area contributed by atoms with Crippen molar-refractivity contribution in [3.8, 4) is 0 Å². The van der Waals surface area contributed by atoms with Gasteiger partial charge in [-0.2, -0.15) is 0 Å². The van der Waals surface area contributed by atoms with Gasteiger partial charge in [0.15, 0.2) is 0 Å². The minimum atomic E-state index is -0.625. The van der Waals surface area contributed by atoms with Gasteiger partial charge in [-0.25, -0.2) is 4.79 Å². The van der Waals surface area contributed by atoms with Crippen LogP contribution in [0.5, 0.6) is 0 Å². The number of H-pyrrole nitrogens is 1. The number of carbonyl (C=O) groups excluding carboxylic acids is 1. The molecule has 8 nitrogen and oxygen atoms in total. The first-order valence-electron chi connectivity index (χ1n) is 6.89. The molecule has 0 aliphatic rings. The SMILES string of the molecule is CCCCn1c(N)c(NC(C)C(=O)N(C)C)c(=O)[nH]c1=O. The maximum Gasteiger partial charge on any atom is 0.330 e. The second-order valence-electron chi connectivity index (χ2n) is 5.12. The number of amides is 1. The van der Waals surface area contributed by atoms with Crippen molar-refractivity contribution in [2.24, 2.45) is 0 Å². The van der Waals surface area contributed by atoms with Gasteiger partial charge in [0, 0.05) is 20.6 Å². The fourth-order valence-corrected chi connectivity index (χ4v) is 1.93. The van der Waals surface area contributed by atoms with Crippen LogP contribution in [-0.2, 0) is 11.3 Å². The van der Waals surface area contributed by atoms with Crippen LogP contribution >= 0.6 is 0 Å². The molecule has 0 saturated carbocycles. The summed E-state index contributed by atoms with van der Waals surface area (Å²) in [5.41, 5.74) is 4.79. The zero-order chi connectivity index (χ0) is 16.2. The van der Waals surface area contributed by atoms with Crippen LogP contribution in [-0.4, -0.2) is 40.5 Å². The van der Waals surface area contributed by atoms with Crippen LogP contribution in [0.1, 0.15) is 26.7 Å². The van der Waals surface area contributed by atoms with Crippen molar-refractivity contribution < 1.29 is 4.79 Å². The van der Waals surface area contributed by atoms with Crippen LogP contribution in [0.15, 0.2) is 9.59 Å².